The molecule has 2 aromatic rings. The first kappa shape index (κ1) is 21.8. The van der Waals surface area contributed by atoms with Crippen LogP contribution in [0, 0.1) is 0 Å². The number of nitrogens with one attached hydrogen (secondary N) is 1. The predicted molar refractivity (Wildman–Crippen MR) is 116 cm³/mol. The number of nitrogens with two attached hydrogens (primary N) is 1. The molecule has 0 aliphatic heterocycles. The van der Waals surface area contributed by atoms with Gasteiger partial charge in [0.1, 0.15) is 5.75 Å². The summed E-state index contributed by atoms with van der Waals surface area (Å²) in [7, 11) is 1.66. The van der Waals surface area contributed by atoms with E-state index >= 15 is 0 Å². The van der Waals surface area contributed by atoms with Crippen LogP contribution in [0.5, 0.6) is 5.75 Å². The third kappa shape index (κ3) is 5.59. The van der Waals surface area contributed by atoms with Crippen molar-refractivity contribution in [2.45, 2.75) is 37.1 Å². The summed E-state index contributed by atoms with van der Waals surface area (Å²) in [6.45, 7) is 4.61. The van der Waals surface area contributed by atoms with Crippen LogP contribution in [0.3, 0.4) is 0 Å². The molecule has 0 bridgehead atoms. The molecular weight excluding hydrogens is 388 g/mol. The Labute approximate surface area is 177 Å². The molecule has 0 radical (unpaired) electrons. The van der Waals surface area contributed by atoms with E-state index in [9.17, 15) is 5.11 Å². The van der Waals surface area contributed by atoms with Crippen LogP contribution in [0.4, 0.5) is 0 Å². The highest BCUT2D eigenvalue weighted by molar-refractivity contribution is 6.30. The topological polar surface area (TPSA) is 76.7 Å². The van der Waals surface area contributed by atoms with E-state index in [1.165, 1.54) is 0 Å². The molecule has 156 valence electrons. The molecule has 29 heavy (non-hydrogen) atoms. The lowest BCUT2D eigenvalue weighted by Gasteiger charge is -2.22. The summed E-state index contributed by atoms with van der Waals surface area (Å²) >= 11 is 6.03. The molecule has 5 nitrogen and oxygen atoms in total. The van der Waals surface area contributed by atoms with E-state index < -0.39 is 6.10 Å². The zero-order chi connectivity index (χ0) is 20.8. The van der Waals surface area contributed by atoms with Crippen molar-refractivity contribution < 1.29 is 14.6 Å². The Morgan fingerprint density at radius 2 is 2.14 bits per heavy atom. The third-order valence-corrected chi connectivity index (χ3v) is 5.54. The Kier molecular flexibility index (Phi) is 7.70. The first-order valence-electron chi connectivity index (χ1n) is 9.83. The van der Waals surface area contributed by atoms with Crippen LogP contribution in [-0.2, 0) is 11.2 Å². The van der Waals surface area contributed by atoms with Crippen molar-refractivity contribution in [3.05, 3.63) is 76.8 Å². The number of hydrogen-bond acceptors (Lipinski definition) is 5. The van der Waals surface area contributed by atoms with Gasteiger partial charge < -0.3 is 25.6 Å². The molecule has 3 rings (SSSR count). The predicted octanol–water partition coefficient (Wildman–Crippen LogP) is 3.56. The number of fused-ring (bicyclic) bond motifs is 1. The average molecular weight is 417 g/mol. The summed E-state index contributed by atoms with van der Waals surface area (Å²) in [5, 5.41) is 14.7. The van der Waals surface area contributed by atoms with Gasteiger partial charge in [0.05, 0.1) is 25.9 Å². The maximum Gasteiger partial charge on any atom is 0.119 e. The van der Waals surface area contributed by atoms with Gasteiger partial charge in [0.2, 0.25) is 0 Å². The monoisotopic (exact) mass is 416 g/mol. The van der Waals surface area contributed by atoms with Crippen LogP contribution >= 0.6 is 11.6 Å². The van der Waals surface area contributed by atoms with Crippen molar-refractivity contribution in [1.82, 2.24) is 5.32 Å². The van der Waals surface area contributed by atoms with Crippen molar-refractivity contribution in [1.29, 1.82) is 0 Å². The van der Waals surface area contributed by atoms with E-state index in [1.54, 1.807) is 13.2 Å². The SMILES string of the molecule is C=CCOC1CC(NC[C@@H](O)[C@@H](N)Cc2cccc(Cl)c2)c2cc(OC)ccc21. The second-order valence-corrected chi connectivity index (χ2v) is 7.80. The Morgan fingerprint density at radius 1 is 1.31 bits per heavy atom. The third-order valence-electron chi connectivity index (χ3n) is 5.31. The zero-order valence-electron chi connectivity index (χ0n) is 16.7. The molecule has 0 spiro atoms. The zero-order valence-corrected chi connectivity index (χ0v) is 17.4. The Hall–Kier alpha value is -1.89. The fourth-order valence-electron chi connectivity index (χ4n) is 3.76. The lowest BCUT2D eigenvalue weighted by molar-refractivity contribution is 0.0678. The Bertz CT molecular complexity index is 830. The molecule has 0 heterocycles. The van der Waals surface area contributed by atoms with Crippen LogP contribution in [-0.4, -0.2) is 37.5 Å². The highest BCUT2D eigenvalue weighted by Crippen LogP contribution is 2.42. The van der Waals surface area contributed by atoms with Crippen LogP contribution in [0.1, 0.15) is 35.3 Å². The molecule has 0 aromatic heterocycles. The van der Waals surface area contributed by atoms with Gasteiger partial charge >= 0.3 is 0 Å². The summed E-state index contributed by atoms with van der Waals surface area (Å²) in [5.74, 6) is 0.804. The summed E-state index contributed by atoms with van der Waals surface area (Å²) < 4.78 is 11.3. The van der Waals surface area contributed by atoms with Crippen molar-refractivity contribution in [3.8, 4) is 5.75 Å². The molecule has 4 N–H and O–H groups in total. The van der Waals surface area contributed by atoms with Gasteiger partial charge in [-0.2, -0.15) is 0 Å². The second kappa shape index (κ2) is 10.2. The first-order valence-corrected chi connectivity index (χ1v) is 10.2. The fourth-order valence-corrected chi connectivity index (χ4v) is 3.98. The van der Waals surface area contributed by atoms with E-state index in [0.717, 1.165) is 28.9 Å². The van der Waals surface area contributed by atoms with Crippen LogP contribution < -0.4 is 15.8 Å². The van der Waals surface area contributed by atoms with E-state index in [2.05, 4.69) is 11.9 Å². The lowest BCUT2D eigenvalue weighted by atomic mass is 10.0. The minimum absolute atomic E-state index is 0.0105. The van der Waals surface area contributed by atoms with Crippen LogP contribution in [0.15, 0.2) is 55.1 Å². The number of ether oxygens (including phenoxy) is 2. The number of halogens is 1. The number of rotatable bonds is 10. The lowest BCUT2D eigenvalue weighted by Crippen LogP contribution is -2.43. The van der Waals surface area contributed by atoms with E-state index in [-0.39, 0.29) is 18.2 Å². The van der Waals surface area contributed by atoms with Gasteiger partial charge in [-0.1, -0.05) is 35.9 Å². The standard InChI is InChI=1S/C23H29ClN2O3/c1-3-9-29-23-13-21(19-12-17(28-2)7-8-18(19)23)26-14-22(27)20(25)11-15-5-4-6-16(24)10-15/h3-8,10,12,20-23,26-27H,1,9,11,13-14,25H2,2H3/t20-,21?,22+,23?/m0/s1. The summed E-state index contributed by atoms with van der Waals surface area (Å²) in [6, 6.07) is 13.2. The minimum atomic E-state index is -0.684. The summed E-state index contributed by atoms with van der Waals surface area (Å²) in [6.07, 6.45) is 2.40. The van der Waals surface area contributed by atoms with Crippen molar-refractivity contribution in [3.63, 3.8) is 0 Å². The van der Waals surface area contributed by atoms with Gasteiger partial charge in [0, 0.05) is 23.7 Å². The highest BCUT2D eigenvalue weighted by atomic mass is 35.5. The van der Waals surface area contributed by atoms with Crippen molar-refractivity contribution in [2.24, 2.45) is 5.73 Å². The average Bonchev–Trinajstić information content (AvgIpc) is 3.07. The molecule has 0 amide bonds. The normalized spacial score (nSPS) is 20.1. The van der Waals surface area contributed by atoms with Gasteiger partial charge in [0.25, 0.3) is 0 Å². The number of hydrogen-bond donors (Lipinski definition) is 3. The smallest absolute Gasteiger partial charge is 0.119 e. The number of methoxy groups -OCH3 is 1. The molecule has 2 unspecified atom stereocenters. The fraction of sp³-hybridized carbons (Fsp3) is 0.391. The van der Waals surface area contributed by atoms with Gasteiger partial charge in [-0.15, -0.1) is 6.58 Å². The number of aliphatic hydroxyl groups is 1. The Balaban J connectivity index is 1.62. The molecule has 0 saturated carbocycles. The van der Waals surface area contributed by atoms with Gasteiger partial charge in [-0.05, 0) is 53.8 Å². The van der Waals surface area contributed by atoms with Crippen LogP contribution in [0.25, 0.3) is 0 Å². The molecule has 6 heteroatoms. The summed E-state index contributed by atoms with van der Waals surface area (Å²) in [4.78, 5) is 0. The van der Waals surface area contributed by atoms with Crippen LogP contribution in [0.2, 0.25) is 5.02 Å². The molecular formula is C23H29ClN2O3. The van der Waals surface area contributed by atoms with Gasteiger partial charge in [-0.25, -0.2) is 0 Å². The number of benzene rings is 2. The first-order chi connectivity index (χ1) is 14.0. The van der Waals surface area contributed by atoms with Gasteiger partial charge in [-0.3, -0.25) is 0 Å². The maximum absolute atomic E-state index is 10.6. The largest absolute Gasteiger partial charge is 0.497 e. The molecule has 0 fully saturated rings. The molecule has 1 aliphatic rings. The number of aliphatic hydroxyl groups excluding tert-OH is 1. The van der Waals surface area contributed by atoms with E-state index in [0.29, 0.717) is 24.6 Å². The van der Waals surface area contributed by atoms with Crippen molar-refractivity contribution in [2.75, 3.05) is 20.3 Å². The molecule has 0 saturated heterocycles. The molecule has 2 aromatic carbocycles. The van der Waals surface area contributed by atoms with Crippen molar-refractivity contribution >= 4 is 11.6 Å². The van der Waals surface area contributed by atoms with E-state index in [1.807, 2.05) is 42.5 Å². The highest BCUT2D eigenvalue weighted by Gasteiger charge is 2.32. The second-order valence-electron chi connectivity index (χ2n) is 7.37. The minimum Gasteiger partial charge on any atom is -0.497 e. The van der Waals surface area contributed by atoms with Gasteiger partial charge in [0.15, 0.2) is 0 Å². The molecule has 4 atom stereocenters. The quantitative estimate of drug-likeness (QED) is 0.516. The maximum atomic E-state index is 10.6. The summed E-state index contributed by atoms with van der Waals surface area (Å²) in [5.41, 5.74) is 9.52. The Morgan fingerprint density at radius 3 is 2.86 bits per heavy atom. The van der Waals surface area contributed by atoms with E-state index in [4.69, 9.17) is 26.8 Å². The molecule has 1 aliphatic carbocycles.